The number of amides is 1. The summed E-state index contributed by atoms with van der Waals surface area (Å²) in [7, 11) is 0. The Morgan fingerprint density at radius 2 is 1.96 bits per heavy atom. The number of carboxylic acid groups (broad SMARTS) is 1. The van der Waals surface area contributed by atoms with Gasteiger partial charge in [0.1, 0.15) is 5.75 Å². The quantitative estimate of drug-likeness (QED) is 0.920. The molecule has 0 saturated heterocycles. The standard InChI is InChI=1S/C18H16ClNO4/c1-18(2)17(23)20(10-12-5-3-4-6-13(12)19)14-8-7-11(16(21)22)9-15(14)24-18/h3-9H,10H2,1-2H3,(H,21,22). The van der Waals surface area contributed by atoms with Crippen molar-refractivity contribution in [1.82, 2.24) is 0 Å². The maximum atomic E-state index is 12.8. The molecule has 0 aliphatic carbocycles. The highest BCUT2D eigenvalue weighted by Gasteiger charge is 2.41. The number of aromatic carboxylic acids is 1. The highest BCUT2D eigenvalue weighted by molar-refractivity contribution is 6.31. The van der Waals surface area contributed by atoms with Crippen LogP contribution in [0.25, 0.3) is 0 Å². The Morgan fingerprint density at radius 3 is 2.62 bits per heavy atom. The maximum absolute atomic E-state index is 12.8. The van der Waals surface area contributed by atoms with Crippen molar-refractivity contribution < 1.29 is 19.4 Å². The summed E-state index contributed by atoms with van der Waals surface area (Å²) in [5.74, 6) is -0.890. The zero-order chi connectivity index (χ0) is 17.5. The van der Waals surface area contributed by atoms with Gasteiger partial charge in [-0.2, -0.15) is 0 Å². The van der Waals surface area contributed by atoms with Crippen molar-refractivity contribution in [2.75, 3.05) is 4.90 Å². The van der Waals surface area contributed by atoms with E-state index in [0.29, 0.717) is 16.5 Å². The summed E-state index contributed by atoms with van der Waals surface area (Å²) in [6.45, 7) is 3.60. The number of carbonyl (C=O) groups is 2. The third-order valence-corrected chi connectivity index (χ3v) is 4.28. The average Bonchev–Trinajstić information content (AvgIpc) is 2.52. The van der Waals surface area contributed by atoms with E-state index in [1.165, 1.54) is 12.1 Å². The van der Waals surface area contributed by atoms with Crippen LogP contribution in [0.2, 0.25) is 5.02 Å². The predicted molar refractivity (Wildman–Crippen MR) is 90.8 cm³/mol. The summed E-state index contributed by atoms with van der Waals surface area (Å²) < 4.78 is 5.73. The van der Waals surface area contributed by atoms with Crippen molar-refractivity contribution in [3.05, 3.63) is 58.6 Å². The van der Waals surface area contributed by atoms with Gasteiger partial charge in [0.2, 0.25) is 0 Å². The van der Waals surface area contributed by atoms with E-state index in [0.717, 1.165) is 5.56 Å². The molecule has 3 rings (SSSR count). The van der Waals surface area contributed by atoms with E-state index in [1.54, 1.807) is 30.9 Å². The van der Waals surface area contributed by atoms with Gasteiger partial charge in [-0.15, -0.1) is 0 Å². The van der Waals surface area contributed by atoms with Crippen molar-refractivity contribution in [2.45, 2.75) is 26.0 Å². The molecule has 24 heavy (non-hydrogen) atoms. The molecular weight excluding hydrogens is 330 g/mol. The number of anilines is 1. The Kier molecular flexibility index (Phi) is 3.97. The second-order valence-corrected chi connectivity index (χ2v) is 6.49. The van der Waals surface area contributed by atoms with Gasteiger partial charge in [-0.05, 0) is 43.7 Å². The molecule has 0 fully saturated rings. The van der Waals surface area contributed by atoms with Crippen LogP contribution in [0.3, 0.4) is 0 Å². The van der Waals surface area contributed by atoms with Gasteiger partial charge in [-0.3, -0.25) is 4.79 Å². The number of nitrogens with zero attached hydrogens (tertiary/aromatic N) is 1. The van der Waals surface area contributed by atoms with Gasteiger partial charge >= 0.3 is 5.97 Å². The molecule has 1 amide bonds. The number of rotatable bonds is 3. The van der Waals surface area contributed by atoms with Crippen LogP contribution in [-0.4, -0.2) is 22.6 Å². The molecule has 2 aromatic carbocycles. The van der Waals surface area contributed by atoms with Gasteiger partial charge in [0, 0.05) is 5.02 Å². The van der Waals surface area contributed by atoms with Gasteiger partial charge < -0.3 is 14.7 Å². The highest BCUT2D eigenvalue weighted by Crippen LogP contribution is 2.39. The summed E-state index contributed by atoms with van der Waals surface area (Å²) in [5.41, 5.74) is 0.352. The van der Waals surface area contributed by atoms with E-state index in [9.17, 15) is 9.59 Å². The first-order valence-corrected chi connectivity index (χ1v) is 7.79. The fraction of sp³-hybridized carbons (Fsp3) is 0.222. The third kappa shape index (κ3) is 2.83. The molecule has 1 aliphatic rings. The lowest BCUT2D eigenvalue weighted by molar-refractivity contribution is -0.132. The van der Waals surface area contributed by atoms with Gasteiger partial charge in [0.25, 0.3) is 5.91 Å². The van der Waals surface area contributed by atoms with E-state index in [4.69, 9.17) is 21.4 Å². The largest absolute Gasteiger partial charge is 0.478 e. The monoisotopic (exact) mass is 345 g/mol. The van der Waals surface area contributed by atoms with Crippen molar-refractivity contribution in [2.24, 2.45) is 0 Å². The zero-order valence-electron chi connectivity index (χ0n) is 13.2. The minimum Gasteiger partial charge on any atom is -0.478 e. The number of hydrogen-bond acceptors (Lipinski definition) is 3. The smallest absolute Gasteiger partial charge is 0.335 e. The molecule has 2 aromatic rings. The van der Waals surface area contributed by atoms with E-state index < -0.39 is 11.6 Å². The van der Waals surface area contributed by atoms with Gasteiger partial charge in [0.05, 0.1) is 17.8 Å². The van der Waals surface area contributed by atoms with Crippen LogP contribution < -0.4 is 9.64 Å². The van der Waals surface area contributed by atoms with Crippen LogP contribution >= 0.6 is 11.6 Å². The molecule has 6 heteroatoms. The first-order valence-electron chi connectivity index (χ1n) is 7.41. The number of fused-ring (bicyclic) bond motifs is 1. The first kappa shape index (κ1) is 16.3. The van der Waals surface area contributed by atoms with E-state index in [1.807, 2.05) is 18.2 Å². The minimum atomic E-state index is -1.09. The van der Waals surface area contributed by atoms with Crippen molar-refractivity contribution in [3.63, 3.8) is 0 Å². The van der Waals surface area contributed by atoms with Crippen LogP contribution in [0.15, 0.2) is 42.5 Å². The Morgan fingerprint density at radius 1 is 1.25 bits per heavy atom. The molecule has 0 unspecified atom stereocenters. The molecule has 0 bridgehead atoms. The van der Waals surface area contributed by atoms with E-state index in [-0.39, 0.29) is 18.0 Å². The molecule has 0 spiro atoms. The van der Waals surface area contributed by atoms with E-state index in [2.05, 4.69) is 0 Å². The topological polar surface area (TPSA) is 66.8 Å². The Balaban J connectivity index is 2.07. The number of halogens is 1. The number of hydrogen-bond donors (Lipinski definition) is 1. The number of ether oxygens (including phenoxy) is 1. The number of carboxylic acids is 1. The molecule has 0 radical (unpaired) electrons. The summed E-state index contributed by atoms with van der Waals surface area (Å²) in [6, 6.07) is 11.8. The van der Waals surface area contributed by atoms with Crippen molar-refractivity contribution >= 4 is 29.2 Å². The van der Waals surface area contributed by atoms with Gasteiger partial charge in [-0.1, -0.05) is 29.8 Å². The lowest BCUT2D eigenvalue weighted by Crippen LogP contribution is -2.52. The summed E-state index contributed by atoms with van der Waals surface area (Å²) >= 11 is 6.21. The molecular formula is C18H16ClNO4. The summed E-state index contributed by atoms with van der Waals surface area (Å²) in [4.78, 5) is 25.5. The predicted octanol–water partition coefficient (Wildman–Crippen LogP) is 3.74. The van der Waals surface area contributed by atoms with Crippen LogP contribution in [-0.2, 0) is 11.3 Å². The number of carbonyl (C=O) groups excluding carboxylic acids is 1. The second-order valence-electron chi connectivity index (χ2n) is 6.08. The van der Waals surface area contributed by atoms with Crippen LogP contribution in [0.1, 0.15) is 29.8 Å². The fourth-order valence-electron chi connectivity index (χ4n) is 2.66. The fourth-order valence-corrected chi connectivity index (χ4v) is 2.85. The van der Waals surface area contributed by atoms with Crippen molar-refractivity contribution in [1.29, 1.82) is 0 Å². The third-order valence-electron chi connectivity index (χ3n) is 3.91. The minimum absolute atomic E-state index is 0.108. The molecule has 1 aliphatic heterocycles. The Labute approximate surface area is 144 Å². The molecule has 0 aromatic heterocycles. The molecule has 0 saturated carbocycles. The normalized spacial score (nSPS) is 15.6. The molecule has 5 nitrogen and oxygen atoms in total. The van der Waals surface area contributed by atoms with Gasteiger partial charge in [-0.25, -0.2) is 4.79 Å². The van der Waals surface area contributed by atoms with Crippen LogP contribution in [0.5, 0.6) is 5.75 Å². The number of benzene rings is 2. The lowest BCUT2D eigenvalue weighted by atomic mass is 10.0. The zero-order valence-corrected chi connectivity index (χ0v) is 14.0. The Bertz CT molecular complexity index is 832. The van der Waals surface area contributed by atoms with Gasteiger partial charge in [0.15, 0.2) is 5.60 Å². The summed E-state index contributed by atoms with van der Waals surface area (Å²) in [6.07, 6.45) is 0. The SMILES string of the molecule is CC1(C)Oc2cc(C(=O)O)ccc2N(Cc2ccccc2Cl)C1=O. The molecule has 124 valence electrons. The van der Waals surface area contributed by atoms with Crippen molar-refractivity contribution in [3.8, 4) is 5.75 Å². The van der Waals surface area contributed by atoms with Crippen LogP contribution in [0.4, 0.5) is 5.69 Å². The molecule has 1 N–H and O–H groups in total. The Hall–Kier alpha value is -2.53. The molecule has 1 heterocycles. The first-order chi connectivity index (χ1) is 11.3. The lowest BCUT2D eigenvalue weighted by Gasteiger charge is -2.39. The van der Waals surface area contributed by atoms with E-state index >= 15 is 0 Å². The molecule has 0 atom stereocenters. The second kappa shape index (κ2) is 5.83. The summed E-state index contributed by atoms with van der Waals surface area (Å²) in [5, 5.41) is 9.72. The average molecular weight is 346 g/mol. The highest BCUT2D eigenvalue weighted by atomic mass is 35.5. The van der Waals surface area contributed by atoms with Crippen LogP contribution in [0, 0.1) is 0 Å². The maximum Gasteiger partial charge on any atom is 0.335 e.